The highest BCUT2D eigenvalue weighted by Gasteiger charge is 2.19. The lowest BCUT2D eigenvalue weighted by Crippen LogP contribution is -2.39. The third-order valence-electron chi connectivity index (χ3n) is 4.38. The van der Waals surface area contributed by atoms with Crippen LogP contribution in [0.5, 0.6) is 5.88 Å². The Bertz CT molecular complexity index is 512. The standard InChI is InChI=1S/C17H25N3O3/c21-17(20-12-15-8-4-10-22-15)19-11-13-5-3-9-18-16(13)23-14-6-1-2-7-14/h3,5,9,14-15H,1-2,4,6-8,10-12H2,(H2,19,20,21). The molecule has 1 saturated carbocycles. The summed E-state index contributed by atoms with van der Waals surface area (Å²) in [6, 6.07) is 3.62. The van der Waals surface area contributed by atoms with Crippen LogP contribution < -0.4 is 15.4 Å². The van der Waals surface area contributed by atoms with E-state index in [2.05, 4.69) is 15.6 Å². The van der Waals surface area contributed by atoms with Crippen LogP contribution in [0.25, 0.3) is 0 Å². The molecule has 1 unspecified atom stereocenters. The zero-order chi connectivity index (χ0) is 15.9. The Hall–Kier alpha value is -1.82. The van der Waals surface area contributed by atoms with E-state index in [9.17, 15) is 4.79 Å². The fourth-order valence-electron chi connectivity index (χ4n) is 3.08. The average Bonchev–Trinajstić information content (AvgIpc) is 3.25. The first-order chi connectivity index (χ1) is 11.3. The van der Waals surface area contributed by atoms with Crippen LogP contribution in [0.4, 0.5) is 4.79 Å². The molecule has 3 rings (SSSR count). The average molecular weight is 319 g/mol. The smallest absolute Gasteiger partial charge is 0.315 e. The highest BCUT2D eigenvalue weighted by atomic mass is 16.5. The molecule has 2 fully saturated rings. The number of pyridine rings is 1. The maximum atomic E-state index is 11.9. The molecule has 1 aliphatic heterocycles. The predicted octanol–water partition coefficient (Wildman–Crippen LogP) is 2.38. The van der Waals surface area contributed by atoms with Gasteiger partial charge in [-0.2, -0.15) is 0 Å². The van der Waals surface area contributed by atoms with Gasteiger partial charge in [0.25, 0.3) is 0 Å². The van der Waals surface area contributed by atoms with E-state index in [4.69, 9.17) is 9.47 Å². The number of nitrogens with zero attached hydrogens (tertiary/aromatic N) is 1. The summed E-state index contributed by atoms with van der Waals surface area (Å²) in [5.41, 5.74) is 0.909. The van der Waals surface area contributed by atoms with Crippen molar-refractivity contribution in [1.82, 2.24) is 15.6 Å². The van der Waals surface area contributed by atoms with Crippen molar-refractivity contribution in [2.45, 2.75) is 57.3 Å². The van der Waals surface area contributed by atoms with Crippen LogP contribution in [0.2, 0.25) is 0 Å². The van der Waals surface area contributed by atoms with E-state index in [0.29, 0.717) is 19.0 Å². The van der Waals surface area contributed by atoms with Crippen molar-refractivity contribution in [2.75, 3.05) is 13.2 Å². The Kier molecular flexibility index (Phi) is 5.69. The third-order valence-corrected chi connectivity index (χ3v) is 4.38. The molecule has 6 heteroatoms. The van der Waals surface area contributed by atoms with Crippen LogP contribution in [0.15, 0.2) is 18.3 Å². The monoisotopic (exact) mass is 319 g/mol. The second kappa shape index (κ2) is 8.15. The number of carbonyl (C=O) groups is 1. The van der Waals surface area contributed by atoms with E-state index in [1.165, 1.54) is 12.8 Å². The number of amides is 2. The number of hydrogen-bond acceptors (Lipinski definition) is 4. The molecule has 0 aromatic carbocycles. The summed E-state index contributed by atoms with van der Waals surface area (Å²) in [7, 11) is 0. The van der Waals surface area contributed by atoms with Crippen LogP contribution >= 0.6 is 0 Å². The summed E-state index contributed by atoms with van der Waals surface area (Å²) < 4.78 is 11.5. The lowest BCUT2D eigenvalue weighted by molar-refractivity contribution is 0.111. The number of ether oxygens (including phenoxy) is 2. The molecule has 126 valence electrons. The zero-order valence-electron chi connectivity index (χ0n) is 13.4. The maximum Gasteiger partial charge on any atom is 0.315 e. The minimum Gasteiger partial charge on any atom is -0.474 e. The van der Waals surface area contributed by atoms with Crippen LogP contribution in [0.3, 0.4) is 0 Å². The van der Waals surface area contributed by atoms with Gasteiger partial charge >= 0.3 is 6.03 Å². The van der Waals surface area contributed by atoms with Gasteiger partial charge in [-0.25, -0.2) is 9.78 Å². The number of nitrogens with one attached hydrogen (secondary N) is 2. The van der Waals surface area contributed by atoms with Gasteiger partial charge in [0.15, 0.2) is 0 Å². The Morgan fingerprint density at radius 1 is 1.26 bits per heavy atom. The Labute approximate surface area is 137 Å². The summed E-state index contributed by atoms with van der Waals surface area (Å²) in [5.74, 6) is 0.638. The van der Waals surface area contributed by atoms with E-state index in [1.54, 1.807) is 6.20 Å². The number of urea groups is 1. The normalized spacial score (nSPS) is 21.3. The fourth-order valence-corrected chi connectivity index (χ4v) is 3.08. The SMILES string of the molecule is O=C(NCc1cccnc1OC1CCCC1)NCC1CCCO1. The molecular formula is C17H25N3O3. The first-order valence-electron chi connectivity index (χ1n) is 8.55. The van der Waals surface area contributed by atoms with Gasteiger partial charge in [0.1, 0.15) is 6.10 Å². The number of hydrogen-bond donors (Lipinski definition) is 2. The summed E-state index contributed by atoms with van der Waals surface area (Å²) in [4.78, 5) is 16.2. The molecule has 2 heterocycles. The van der Waals surface area contributed by atoms with E-state index < -0.39 is 0 Å². The second-order valence-corrected chi connectivity index (χ2v) is 6.19. The summed E-state index contributed by atoms with van der Waals surface area (Å²) in [6.07, 6.45) is 8.85. The topological polar surface area (TPSA) is 72.5 Å². The Morgan fingerprint density at radius 2 is 2.13 bits per heavy atom. The van der Waals surface area contributed by atoms with Crippen LogP contribution in [-0.2, 0) is 11.3 Å². The summed E-state index contributed by atoms with van der Waals surface area (Å²) >= 11 is 0. The van der Waals surface area contributed by atoms with Gasteiger partial charge in [0, 0.05) is 31.5 Å². The Morgan fingerprint density at radius 3 is 2.91 bits per heavy atom. The minimum absolute atomic E-state index is 0.153. The first-order valence-corrected chi connectivity index (χ1v) is 8.55. The van der Waals surface area contributed by atoms with Gasteiger partial charge in [0.05, 0.1) is 6.10 Å². The molecule has 0 radical (unpaired) electrons. The van der Waals surface area contributed by atoms with Crippen LogP contribution in [0, 0.1) is 0 Å². The van der Waals surface area contributed by atoms with Crippen molar-refractivity contribution < 1.29 is 14.3 Å². The molecule has 2 aliphatic rings. The molecule has 1 atom stereocenters. The fraction of sp³-hybridized carbons (Fsp3) is 0.647. The van der Waals surface area contributed by atoms with Crippen LogP contribution in [-0.4, -0.2) is 36.4 Å². The molecule has 1 aromatic heterocycles. The minimum atomic E-state index is -0.184. The molecule has 23 heavy (non-hydrogen) atoms. The van der Waals surface area contributed by atoms with Gasteiger partial charge in [-0.1, -0.05) is 6.07 Å². The zero-order valence-corrected chi connectivity index (χ0v) is 13.4. The van der Waals surface area contributed by atoms with Gasteiger partial charge in [-0.05, 0) is 44.6 Å². The second-order valence-electron chi connectivity index (χ2n) is 6.19. The molecule has 1 saturated heterocycles. The van der Waals surface area contributed by atoms with Crippen molar-refractivity contribution in [1.29, 1.82) is 0 Å². The lowest BCUT2D eigenvalue weighted by Gasteiger charge is -2.16. The number of carbonyl (C=O) groups excluding carboxylic acids is 1. The van der Waals surface area contributed by atoms with Crippen molar-refractivity contribution in [3.8, 4) is 5.88 Å². The van der Waals surface area contributed by atoms with E-state index >= 15 is 0 Å². The molecule has 0 bridgehead atoms. The molecule has 0 spiro atoms. The summed E-state index contributed by atoms with van der Waals surface area (Å²) in [5, 5.41) is 5.71. The van der Waals surface area contributed by atoms with E-state index in [1.807, 2.05) is 12.1 Å². The van der Waals surface area contributed by atoms with E-state index in [-0.39, 0.29) is 18.2 Å². The predicted molar refractivity (Wildman–Crippen MR) is 86.3 cm³/mol. The van der Waals surface area contributed by atoms with Gasteiger partial charge in [-0.3, -0.25) is 0 Å². The van der Waals surface area contributed by atoms with Gasteiger partial charge < -0.3 is 20.1 Å². The molecule has 6 nitrogen and oxygen atoms in total. The van der Waals surface area contributed by atoms with E-state index in [0.717, 1.165) is 37.9 Å². The maximum absolute atomic E-state index is 11.9. The molecule has 2 amide bonds. The first kappa shape index (κ1) is 16.1. The van der Waals surface area contributed by atoms with Crippen LogP contribution in [0.1, 0.15) is 44.1 Å². The van der Waals surface area contributed by atoms with Crippen molar-refractivity contribution in [3.05, 3.63) is 23.9 Å². The van der Waals surface area contributed by atoms with Gasteiger partial charge in [-0.15, -0.1) is 0 Å². The van der Waals surface area contributed by atoms with Gasteiger partial charge in [0.2, 0.25) is 5.88 Å². The quantitative estimate of drug-likeness (QED) is 0.844. The van der Waals surface area contributed by atoms with Crippen molar-refractivity contribution in [3.63, 3.8) is 0 Å². The highest BCUT2D eigenvalue weighted by molar-refractivity contribution is 5.73. The largest absolute Gasteiger partial charge is 0.474 e. The highest BCUT2D eigenvalue weighted by Crippen LogP contribution is 2.24. The summed E-state index contributed by atoms with van der Waals surface area (Å²) in [6.45, 7) is 1.77. The van der Waals surface area contributed by atoms with Crippen molar-refractivity contribution >= 4 is 6.03 Å². The molecular weight excluding hydrogens is 294 g/mol. The molecule has 1 aromatic rings. The third kappa shape index (κ3) is 4.82. The number of aromatic nitrogens is 1. The molecule has 1 aliphatic carbocycles. The lowest BCUT2D eigenvalue weighted by atomic mass is 10.2. The Balaban J connectivity index is 1.46. The number of rotatable bonds is 6. The molecule has 2 N–H and O–H groups in total. The van der Waals surface area contributed by atoms with Crippen molar-refractivity contribution in [2.24, 2.45) is 0 Å².